The molecular formula is C28H37ClFN5O4. The lowest BCUT2D eigenvalue weighted by Crippen LogP contribution is -2.61. The Morgan fingerprint density at radius 2 is 1.82 bits per heavy atom. The molecule has 1 aromatic heterocycles. The van der Waals surface area contributed by atoms with Gasteiger partial charge in [-0.3, -0.25) is 4.79 Å². The van der Waals surface area contributed by atoms with Gasteiger partial charge in [-0.15, -0.1) is 10.2 Å². The average Bonchev–Trinajstić information content (AvgIpc) is 2.83. The first-order chi connectivity index (χ1) is 18.3. The minimum Gasteiger partial charge on any atom is -0.444 e. The number of hydrogen-bond acceptors (Lipinski definition) is 7. The van der Waals surface area contributed by atoms with Crippen LogP contribution in [0.15, 0.2) is 24.3 Å². The zero-order valence-corrected chi connectivity index (χ0v) is 24.2. The molecule has 0 radical (unpaired) electrons. The number of aromatic nitrogens is 2. The normalized spacial score (nSPS) is 16.7. The minimum absolute atomic E-state index is 0.0570. The van der Waals surface area contributed by atoms with Crippen molar-refractivity contribution in [1.29, 1.82) is 0 Å². The van der Waals surface area contributed by atoms with E-state index >= 15 is 0 Å². The first kappa shape index (κ1) is 28.9. The van der Waals surface area contributed by atoms with E-state index < -0.39 is 11.4 Å². The maximum absolute atomic E-state index is 14.2. The van der Waals surface area contributed by atoms with Crippen LogP contribution in [0.2, 0.25) is 5.15 Å². The second kappa shape index (κ2) is 11.2. The smallest absolute Gasteiger partial charge is 0.410 e. The van der Waals surface area contributed by atoms with Crippen LogP contribution in [-0.4, -0.2) is 76.4 Å². The van der Waals surface area contributed by atoms with E-state index in [-0.39, 0.29) is 45.8 Å². The molecule has 0 atom stereocenters. The third-order valence-corrected chi connectivity index (χ3v) is 7.37. The number of likely N-dealkylation sites (tertiary alicyclic amines) is 1. The quantitative estimate of drug-likeness (QED) is 0.442. The van der Waals surface area contributed by atoms with Crippen molar-refractivity contribution in [2.24, 2.45) is 5.41 Å². The van der Waals surface area contributed by atoms with Gasteiger partial charge in [0.2, 0.25) is 0 Å². The van der Waals surface area contributed by atoms with E-state index in [2.05, 4.69) is 15.1 Å². The van der Waals surface area contributed by atoms with Gasteiger partial charge in [0.25, 0.3) is 11.8 Å². The summed E-state index contributed by atoms with van der Waals surface area (Å²) < 4.78 is 25.8. The number of carbonyl (C=O) groups excluding carboxylic acids is 2. The number of hydrogen-bond donors (Lipinski definition) is 0. The number of nitrogens with zero attached hydrogens (tertiary/aromatic N) is 5. The number of halogens is 2. The highest BCUT2D eigenvalue weighted by molar-refractivity contribution is 6.29. The van der Waals surface area contributed by atoms with Crippen LogP contribution in [0.5, 0.6) is 11.6 Å². The molecular weight excluding hydrogens is 525 g/mol. The molecule has 1 aromatic carbocycles. The van der Waals surface area contributed by atoms with Crippen LogP contribution in [0.3, 0.4) is 0 Å². The van der Waals surface area contributed by atoms with E-state index in [4.69, 9.17) is 21.1 Å². The summed E-state index contributed by atoms with van der Waals surface area (Å²) in [7, 11) is 0. The van der Waals surface area contributed by atoms with Gasteiger partial charge in [-0.05, 0) is 72.6 Å². The Labute approximate surface area is 234 Å². The zero-order valence-electron chi connectivity index (χ0n) is 23.5. The van der Waals surface area contributed by atoms with Crippen LogP contribution in [0.4, 0.5) is 14.9 Å². The Bertz CT molecular complexity index is 1220. The Hall–Kier alpha value is -3.14. The van der Waals surface area contributed by atoms with Crippen LogP contribution < -0.4 is 9.64 Å². The van der Waals surface area contributed by atoms with Gasteiger partial charge in [0.05, 0.1) is 5.56 Å². The van der Waals surface area contributed by atoms with E-state index in [9.17, 15) is 14.0 Å². The number of benzene rings is 1. The van der Waals surface area contributed by atoms with Crippen molar-refractivity contribution in [2.75, 3.05) is 37.6 Å². The highest BCUT2D eigenvalue weighted by atomic mass is 35.5. The molecule has 9 nitrogen and oxygen atoms in total. The zero-order chi connectivity index (χ0) is 28.5. The fourth-order valence-corrected chi connectivity index (χ4v) is 5.29. The molecule has 39 heavy (non-hydrogen) atoms. The van der Waals surface area contributed by atoms with Gasteiger partial charge in [-0.25, -0.2) is 9.18 Å². The Morgan fingerprint density at radius 1 is 1.15 bits per heavy atom. The molecule has 11 heteroatoms. The van der Waals surface area contributed by atoms with Gasteiger partial charge >= 0.3 is 6.09 Å². The van der Waals surface area contributed by atoms with Crippen molar-refractivity contribution in [1.82, 2.24) is 20.0 Å². The fourth-order valence-electron chi connectivity index (χ4n) is 5.15. The Kier molecular flexibility index (Phi) is 8.25. The highest BCUT2D eigenvalue weighted by Crippen LogP contribution is 2.46. The third kappa shape index (κ3) is 6.54. The van der Waals surface area contributed by atoms with Crippen molar-refractivity contribution in [3.63, 3.8) is 0 Å². The SMILES string of the molecule is CCN(C(=O)c1cc(F)ccc1Oc1nnc(Cl)cc1N1CC2(CCN(C(=O)OC(C)(C)C)CC2)C1)C(C)C. The molecule has 2 aliphatic rings. The summed E-state index contributed by atoms with van der Waals surface area (Å²) >= 11 is 6.20. The van der Waals surface area contributed by atoms with Gasteiger partial charge in [-0.1, -0.05) is 11.6 Å². The number of piperidine rings is 1. The van der Waals surface area contributed by atoms with E-state index in [1.54, 1.807) is 15.9 Å². The lowest BCUT2D eigenvalue weighted by Gasteiger charge is -2.54. The number of ether oxygens (including phenoxy) is 2. The maximum atomic E-state index is 14.2. The van der Waals surface area contributed by atoms with Gasteiger partial charge in [-0.2, -0.15) is 0 Å². The van der Waals surface area contributed by atoms with Gasteiger partial charge < -0.3 is 24.2 Å². The van der Waals surface area contributed by atoms with Crippen LogP contribution >= 0.6 is 11.6 Å². The molecule has 2 aromatic rings. The second-order valence-electron chi connectivity index (χ2n) is 11.6. The van der Waals surface area contributed by atoms with Crippen LogP contribution in [-0.2, 0) is 4.74 Å². The van der Waals surface area contributed by atoms with E-state index in [0.717, 1.165) is 25.9 Å². The lowest BCUT2D eigenvalue weighted by atomic mass is 9.72. The molecule has 2 amide bonds. The third-order valence-electron chi connectivity index (χ3n) is 7.18. The summed E-state index contributed by atoms with van der Waals surface area (Å²) in [5, 5.41) is 8.33. The summed E-state index contributed by atoms with van der Waals surface area (Å²) in [4.78, 5) is 31.2. The Balaban J connectivity index is 1.49. The molecule has 212 valence electrons. The number of rotatable bonds is 6. The predicted octanol–water partition coefficient (Wildman–Crippen LogP) is 5.77. The lowest BCUT2D eigenvalue weighted by molar-refractivity contribution is 0.00594. The monoisotopic (exact) mass is 561 g/mol. The molecule has 0 N–H and O–H groups in total. The highest BCUT2D eigenvalue weighted by Gasteiger charge is 2.47. The van der Waals surface area contributed by atoms with Crippen molar-refractivity contribution < 1.29 is 23.5 Å². The summed E-state index contributed by atoms with van der Waals surface area (Å²) in [6.45, 7) is 14.5. The first-order valence-electron chi connectivity index (χ1n) is 13.4. The van der Waals surface area contributed by atoms with Gasteiger partial charge in [0.15, 0.2) is 5.15 Å². The van der Waals surface area contributed by atoms with E-state index in [1.807, 2.05) is 41.5 Å². The molecule has 2 fully saturated rings. The number of amides is 2. The van der Waals surface area contributed by atoms with Gasteiger partial charge in [0, 0.05) is 50.2 Å². The van der Waals surface area contributed by atoms with Crippen molar-refractivity contribution in [3.05, 3.63) is 40.8 Å². The fraction of sp³-hybridized carbons (Fsp3) is 0.571. The van der Waals surface area contributed by atoms with E-state index in [0.29, 0.717) is 25.3 Å². The summed E-state index contributed by atoms with van der Waals surface area (Å²) in [5.74, 6) is -0.478. The molecule has 4 rings (SSSR count). The van der Waals surface area contributed by atoms with Crippen molar-refractivity contribution in [2.45, 2.75) is 66.0 Å². The predicted molar refractivity (Wildman–Crippen MR) is 147 cm³/mol. The Morgan fingerprint density at radius 3 is 2.41 bits per heavy atom. The molecule has 0 unspecified atom stereocenters. The topological polar surface area (TPSA) is 88.1 Å². The molecule has 3 heterocycles. The summed E-state index contributed by atoms with van der Waals surface area (Å²) in [5.41, 5.74) is 0.292. The molecule has 2 saturated heterocycles. The minimum atomic E-state index is -0.532. The number of carbonyl (C=O) groups is 2. The van der Waals surface area contributed by atoms with E-state index in [1.165, 1.54) is 18.2 Å². The van der Waals surface area contributed by atoms with Crippen molar-refractivity contribution >= 4 is 29.3 Å². The van der Waals surface area contributed by atoms with Crippen molar-refractivity contribution in [3.8, 4) is 11.6 Å². The number of anilines is 1. The van der Waals surface area contributed by atoms with Gasteiger partial charge in [0.1, 0.15) is 22.9 Å². The maximum Gasteiger partial charge on any atom is 0.410 e. The molecule has 2 aliphatic heterocycles. The average molecular weight is 562 g/mol. The molecule has 0 aliphatic carbocycles. The van der Waals surface area contributed by atoms with Crippen LogP contribution in [0, 0.1) is 11.2 Å². The molecule has 1 spiro atoms. The molecule has 0 bridgehead atoms. The van der Waals surface area contributed by atoms with Crippen LogP contribution in [0.25, 0.3) is 0 Å². The standard InChI is InChI=1S/C28H37ClFN5O4/c1-7-35(18(2)3)25(36)20-14-19(30)8-9-22(20)38-24-21(15-23(29)31-32-24)34-16-28(17-34)10-12-33(13-11-28)26(37)39-27(4,5)6/h8-9,14-15,18H,7,10-13,16-17H2,1-6H3. The molecule has 0 saturated carbocycles. The largest absolute Gasteiger partial charge is 0.444 e. The first-order valence-corrected chi connectivity index (χ1v) is 13.7. The second-order valence-corrected chi connectivity index (χ2v) is 12.0. The summed E-state index contributed by atoms with van der Waals surface area (Å²) in [6.07, 6.45) is 1.42. The summed E-state index contributed by atoms with van der Waals surface area (Å²) in [6, 6.07) is 5.48. The van der Waals surface area contributed by atoms with Crippen LogP contribution in [0.1, 0.15) is 64.7 Å².